The van der Waals surface area contributed by atoms with Crippen molar-refractivity contribution in [2.24, 2.45) is 5.41 Å². The molecular weight excluding hydrogens is 252 g/mol. The molecule has 1 aromatic heterocycles. The Hall–Kier alpha value is -1.36. The van der Waals surface area contributed by atoms with Crippen LogP contribution in [0.3, 0.4) is 0 Å². The van der Waals surface area contributed by atoms with E-state index in [0.717, 1.165) is 37.0 Å². The molecule has 20 heavy (non-hydrogen) atoms. The number of anilines is 2. The van der Waals surface area contributed by atoms with Crippen LogP contribution in [0.1, 0.15) is 52.8 Å². The minimum absolute atomic E-state index is 0.0377. The SMILES string of the molecule is CCNc1cc(NCC(C)(C)CCO)nc(C(C)C)n1. The van der Waals surface area contributed by atoms with Crippen LogP contribution in [0, 0.1) is 5.41 Å². The first-order valence-corrected chi connectivity index (χ1v) is 7.35. The van der Waals surface area contributed by atoms with E-state index in [1.807, 2.05) is 6.07 Å². The second-order valence-electron chi connectivity index (χ2n) is 6.17. The molecule has 0 amide bonds. The summed E-state index contributed by atoms with van der Waals surface area (Å²) in [5, 5.41) is 15.7. The van der Waals surface area contributed by atoms with Gasteiger partial charge in [-0.25, -0.2) is 9.97 Å². The molecule has 0 spiro atoms. The van der Waals surface area contributed by atoms with Gasteiger partial charge in [-0.15, -0.1) is 0 Å². The summed E-state index contributed by atoms with van der Waals surface area (Å²) >= 11 is 0. The number of hydrogen-bond donors (Lipinski definition) is 3. The summed E-state index contributed by atoms with van der Waals surface area (Å²) in [6, 6.07) is 1.93. The largest absolute Gasteiger partial charge is 0.396 e. The first-order valence-electron chi connectivity index (χ1n) is 7.35. The number of aliphatic hydroxyl groups is 1. The molecule has 0 saturated carbocycles. The van der Waals surface area contributed by atoms with Crippen LogP contribution in [0.4, 0.5) is 11.6 Å². The predicted octanol–water partition coefficient (Wildman–Crippen LogP) is 2.85. The molecular formula is C15H28N4O. The average Bonchev–Trinajstić information content (AvgIpc) is 2.36. The first-order chi connectivity index (χ1) is 9.38. The van der Waals surface area contributed by atoms with Gasteiger partial charge in [-0.1, -0.05) is 27.7 Å². The molecule has 0 aromatic carbocycles. The van der Waals surface area contributed by atoms with E-state index in [0.29, 0.717) is 5.92 Å². The topological polar surface area (TPSA) is 70.1 Å². The Labute approximate surface area is 122 Å². The minimum atomic E-state index is 0.0377. The van der Waals surface area contributed by atoms with Gasteiger partial charge in [-0.3, -0.25) is 0 Å². The fraction of sp³-hybridized carbons (Fsp3) is 0.733. The molecule has 0 unspecified atom stereocenters. The van der Waals surface area contributed by atoms with Crippen molar-refractivity contribution in [2.75, 3.05) is 30.3 Å². The molecule has 0 aliphatic carbocycles. The van der Waals surface area contributed by atoms with Crippen molar-refractivity contribution in [1.82, 2.24) is 9.97 Å². The van der Waals surface area contributed by atoms with E-state index in [1.165, 1.54) is 0 Å². The summed E-state index contributed by atoms with van der Waals surface area (Å²) in [5.41, 5.74) is 0.0377. The monoisotopic (exact) mass is 280 g/mol. The highest BCUT2D eigenvalue weighted by Gasteiger charge is 2.17. The van der Waals surface area contributed by atoms with Crippen molar-refractivity contribution in [1.29, 1.82) is 0 Å². The normalized spacial score (nSPS) is 11.8. The van der Waals surface area contributed by atoms with E-state index in [2.05, 4.69) is 55.2 Å². The summed E-state index contributed by atoms with van der Waals surface area (Å²) in [5.74, 6) is 2.82. The lowest BCUT2D eigenvalue weighted by Gasteiger charge is -2.24. The van der Waals surface area contributed by atoms with Crippen LogP contribution in [0.25, 0.3) is 0 Å². The van der Waals surface area contributed by atoms with Gasteiger partial charge in [0.15, 0.2) is 0 Å². The zero-order valence-corrected chi connectivity index (χ0v) is 13.3. The lowest BCUT2D eigenvalue weighted by atomic mass is 9.90. The zero-order valence-electron chi connectivity index (χ0n) is 13.3. The van der Waals surface area contributed by atoms with Crippen LogP contribution >= 0.6 is 0 Å². The second-order valence-corrected chi connectivity index (χ2v) is 6.17. The van der Waals surface area contributed by atoms with Crippen LogP contribution < -0.4 is 10.6 Å². The smallest absolute Gasteiger partial charge is 0.135 e. The van der Waals surface area contributed by atoms with Gasteiger partial charge < -0.3 is 15.7 Å². The number of rotatable bonds is 8. The van der Waals surface area contributed by atoms with E-state index in [-0.39, 0.29) is 12.0 Å². The van der Waals surface area contributed by atoms with E-state index in [1.54, 1.807) is 0 Å². The minimum Gasteiger partial charge on any atom is -0.396 e. The quantitative estimate of drug-likeness (QED) is 0.683. The Morgan fingerprint density at radius 1 is 1.20 bits per heavy atom. The lowest BCUT2D eigenvalue weighted by Crippen LogP contribution is -2.25. The molecule has 0 fully saturated rings. The third kappa shape index (κ3) is 5.33. The first kappa shape index (κ1) is 16.7. The van der Waals surface area contributed by atoms with Crippen LogP contribution in [0.15, 0.2) is 6.07 Å². The van der Waals surface area contributed by atoms with Gasteiger partial charge in [0.2, 0.25) is 0 Å². The molecule has 1 rings (SSSR count). The highest BCUT2D eigenvalue weighted by atomic mass is 16.3. The van der Waals surface area contributed by atoms with Gasteiger partial charge in [0.05, 0.1) is 0 Å². The standard InChI is InChI=1S/C15H28N4O/c1-6-16-12-9-13(19-14(18-12)11(2)3)17-10-15(4,5)7-8-20/h9,11,20H,6-8,10H2,1-5H3,(H2,16,17,18,19). The van der Waals surface area contributed by atoms with Gasteiger partial charge in [-0.2, -0.15) is 0 Å². The number of nitrogens with zero attached hydrogens (tertiary/aromatic N) is 2. The van der Waals surface area contributed by atoms with Crippen molar-refractivity contribution in [3.8, 4) is 0 Å². The van der Waals surface area contributed by atoms with Crippen molar-refractivity contribution in [3.05, 3.63) is 11.9 Å². The van der Waals surface area contributed by atoms with Gasteiger partial charge >= 0.3 is 0 Å². The number of nitrogens with one attached hydrogen (secondary N) is 2. The fourth-order valence-corrected chi connectivity index (χ4v) is 1.81. The molecule has 1 heterocycles. The van der Waals surface area contributed by atoms with E-state index >= 15 is 0 Å². The maximum absolute atomic E-state index is 9.07. The molecule has 0 atom stereocenters. The molecule has 0 aliphatic heterocycles. The molecule has 3 N–H and O–H groups in total. The molecule has 0 bridgehead atoms. The molecule has 0 saturated heterocycles. The van der Waals surface area contributed by atoms with Crippen molar-refractivity contribution < 1.29 is 5.11 Å². The van der Waals surface area contributed by atoms with Gasteiger partial charge in [-0.05, 0) is 18.8 Å². The highest BCUT2D eigenvalue weighted by Crippen LogP contribution is 2.22. The van der Waals surface area contributed by atoms with Gasteiger partial charge in [0.25, 0.3) is 0 Å². The number of aromatic nitrogens is 2. The molecule has 5 heteroatoms. The Kier molecular flexibility index (Phi) is 6.20. The number of hydrogen-bond acceptors (Lipinski definition) is 5. The van der Waals surface area contributed by atoms with Crippen molar-refractivity contribution in [3.63, 3.8) is 0 Å². The zero-order chi connectivity index (χ0) is 15.2. The average molecular weight is 280 g/mol. The van der Waals surface area contributed by atoms with Crippen molar-refractivity contribution in [2.45, 2.75) is 47.0 Å². The van der Waals surface area contributed by atoms with Crippen molar-refractivity contribution >= 4 is 11.6 Å². The Bertz CT molecular complexity index is 418. The Balaban J connectivity index is 2.83. The van der Waals surface area contributed by atoms with E-state index < -0.39 is 0 Å². The Morgan fingerprint density at radius 2 is 1.80 bits per heavy atom. The lowest BCUT2D eigenvalue weighted by molar-refractivity contribution is 0.220. The van der Waals surface area contributed by atoms with E-state index in [4.69, 9.17) is 5.11 Å². The summed E-state index contributed by atoms with van der Waals surface area (Å²) in [4.78, 5) is 9.05. The third-order valence-electron chi connectivity index (χ3n) is 3.15. The molecule has 5 nitrogen and oxygen atoms in total. The summed E-state index contributed by atoms with van der Waals surface area (Å²) in [6.07, 6.45) is 0.766. The summed E-state index contributed by atoms with van der Waals surface area (Å²) in [6.45, 7) is 12.3. The maximum atomic E-state index is 9.07. The fourth-order valence-electron chi connectivity index (χ4n) is 1.81. The third-order valence-corrected chi connectivity index (χ3v) is 3.15. The number of aliphatic hydroxyl groups excluding tert-OH is 1. The molecule has 114 valence electrons. The molecule has 0 aliphatic rings. The van der Waals surface area contributed by atoms with Gasteiger partial charge in [0, 0.05) is 31.7 Å². The van der Waals surface area contributed by atoms with Crippen LogP contribution in [0.2, 0.25) is 0 Å². The highest BCUT2D eigenvalue weighted by molar-refractivity contribution is 5.47. The van der Waals surface area contributed by atoms with Crippen LogP contribution in [-0.2, 0) is 0 Å². The molecule has 1 aromatic rings. The Morgan fingerprint density at radius 3 is 2.30 bits per heavy atom. The van der Waals surface area contributed by atoms with Crippen LogP contribution in [-0.4, -0.2) is 34.8 Å². The van der Waals surface area contributed by atoms with E-state index in [9.17, 15) is 0 Å². The predicted molar refractivity (Wildman–Crippen MR) is 84.3 cm³/mol. The maximum Gasteiger partial charge on any atom is 0.135 e. The molecule has 0 radical (unpaired) electrons. The second kappa shape index (κ2) is 7.43. The summed E-state index contributed by atoms with van der Waals surface area (Å²) in [7, 11) is 0. The van der Waals surface area contributed by atoms with Crippen LogP contribution in [0.5, 0.6) is 0 Å². The van der Waals surface area contributed by atoms with Gasteiger partial charge in [0.1, 0.15) is 17.5 Å². The summed E-state index contributed by atoms with van der Waals surface area (Å²) < 4.78 is 0.